The molecule has 1 aliphatic rings. The Morgan fingerprint density at radius 1 is 1.55 bits per heavy atom. The summed E-state index contributed by atoms with van der Waals surface area (Å²) in [5.41, 5.74) is 2.65. The third-order valence-corrected chi connectivity index (χ3v) is 3.06. The van der Waals surface area contributed by atoms with Crippen LogP contribution >= 0.6 is 0 Å². The van der Waals surface area contributed by atoms with Gasteiger partial charge in [0.25, 0.3) is 5.91 Å². The molecule has 1 aromatic rings. The van der Waals surface area contributed by atoms with E-state index in [1.807, 2.05) is 0 Å². The number of amides is 3. The normalized spacial score (nSPS) is 18.7. The summed E-state index contributed by atoms with van der Waals surface area (Å²) in [4.78, 5) is 40.7. The Hall–Kier alpha value is -2.48. The number of carbonyl (C=O) groups excluding carboxylic acids is 3. The molecule has 0 radical (unpaired) electrons. The highest BCUT2D eigenvalue weighted by atomic mass is 16.2. The summed E-state index contributed by atoms with van der Waals surface area (Å²) < 4.78 is 0. The monoisotopic (exact) mass is 277 g/mol. The van der Waals surface area contributed by atoms with Gasteiger partial charge in [0.1, 0.15) is 18.4 Å². The predicted molar refractivity (Wildman–Crippen MR) is 70.3 cm³/mol. The maximum absolute atomic E-state index is 12.4. The van der Waals surface area contributed by atoms with Crippen LogP contribution in [-0.4, -0.2) is 40.2 Å². The molecular formula is C12H15N5O3. The molecule has 8 nitrogen and oxygen atoms in total. The molecule has 8 heteroatoms. The van der Waals surface area contributed by atoms with Gasteiger partial charge in [-0.2, -0.15) is 0 Å². The van der Waals surface area contributed by atoms with Gasteiger partial charge in [-0.25, -0.2) is 10.8 Å². The molecule has 1 fully saturated rings. The Morgan fingerprint density at radius 3 is 2.85 bits per heavy atom. The predicted octanol–water partition coefficient (Wildman–Crippen LogP) is -0.756. The molecule has 1 aliphatic heterocycles. The third-order valence-electron chi connectivity index (χ3n) is 3.06. The minimum atomic E-state index is -0.646. The number of rotatable bonds is 3. The highest BCUT2D eigenvalue weighted by molar-refractivity contribution is 6.07. The number of hydrazine groups is 1. The first-order chi connectivity index (χ1) is 9.56. The van der Waals surface area contributed by atoms with Crippen molar-refractivity contribution in [2.24, 2.45) is 5.84 Å². The molecule has 0 aliphatic carbocycles. The number of nitrogen functional groups attached to an aromatic ring is 1. The molecule has 1 unspecified atom stereocenters. The summed E-state index contributed by atoms with van der Waals surface area (Å²) in [5.74, 6) is 4.27. The first-order valence-corrected chi connectivity index (χ1v) is 6.14. The molecule has 0 saturated carbocycles. The van der Waals surface area contributed by atoms with Gasteiger partial charge < -0.3 is 10.3 Å². The number of hydrogen-bond acceptors (Lipinski definition) is 6. The summed E-state index contributed by atoms with van der Waals surface area (Å²) in [6.07, 6.45) is 1.78. The maximum atomic E-state index is 12.4. The highest BCUT2D eigenvalue weighted by Gasteiger charge is 2.35. The van der Waals surface area contributed by atoms with Gasteiger partial charge in [0, 0.05) is 6.20 Å². The van der Waals surface area contributed by atoms with Crippen LogP contribution in [0.2, 0.25) is 0 Å². The zero-order valence-corrected chi connectivity index (χ0v) is 10.9. The van der Waals surface area contributed by atoms with Gasteiger partial charge in [-0.05, 0) is 18.6 Å². The van der Waals surface area contributed by atoms with E-state index >= 15 is 0 Å². The summed E-state index contributed by atoms with van der Waals surface area (Å²) >= 11 is 0. The van der Waals surface area contributed by atoms with E-state index in [4.69, 9.17) is 5.84 Å². The second-order valence-electron chi connectivity index (χ2n) is 4.35. The number of anilines is 1. The van der Waals surface area contributed by atoms with Crippen molar-refractivity contribution in [3.63, 3.8) is 0 Å². The number of pyridine rings is 1. The van der Waals surface area contributed by atoms with Crippen LogP contribution in [0.5, 0.6) is 0 Å². The van der Waals surface area contributed by atoms with E-state index in [0.29, 0.717) is 17.8 Å². The second kappa shape index (κ2) is 5.66. The molecular weight excluding hydrogens is 262 g/mol. The maximum Gasteiger partial charge on any atom is 0.256 e. The van der Waals surface area contributed by atoms with Crippen LogP contribution in [0.25, 0.3) is 0 Å². The minimum absolute atomic E-state index is 0.139. The van der Waals surface area contributed by atoms with Crippen LogP contribution in [-0.2, 0) is 9.59 Å². The largest absolute Gasteiger partial charge is 0.317 e. The fourth-order valence-corrected chi connectivity index (χ4v) is 2.06. The number of nitrogens with zero attached hydrogens (tertiary/aromatic N) is 2. The zero-order valence-electron chi connectivity index (χ0n) is 10.9. The highest BCUT2D eigenvalue weighted by Crippen LogP contribution is 2.14. The number of nitrogens with two attached hydrogens (primary N) is 1. The average Bonchev–Trinajstić information content (AvgIpc) is 2.46. The number of aromatic nitrogens is 1. The molecule has 4 N–H and O–H groups in total. The lowest BCUT2D eigenvalue weighted by Crippen LogP contribution is -2.59. The van der Waals surface area contributed by atoms with Crippen molar-refractivity contribution in [2.45, 2.75) is 19.4 Å². The topological polar surface area (TPSA) is 117 Å². The Bertz CT molecular complexity index is 543. The van der Waals surface area contributed by atoms with Gasteiger partial charge in [-0.1, -0.05) is 6.92 Å². The number of piperazine rings is 1. The molecule has 0 spiro atoms. The van der Waals surface area contributed by atoms with Crippen LogP contribution in [0.15, 0.2) is 18.3 Å². The van der Waals surface area contributed by atoms with Crippen LogP contribution in [0.3, 0.4) is 0 Å². The van der Waals surface area contributed by atoms with Gasteiger partial charge in [0.2, 0.25) is 11.8 Å². The fraction of sp³-hybridized carbons (Fsp3) is 0.333. The van der Waals surface area contributed by atoms with Crippen molar-refractivity contribution in [1.82, 2.24) is 15.2 Å². The van der Waals surface area contributed by atoms with Gasteiger partial charge in [0.05, 0.1) is 5.56 Å². The zero-order chi connectivity index (χ0) is 14.7. The summed E-state index contributed by atoms with van der Waals surface area (Å²) in [6.45, 7) is 1.64. The van der Waals surface area contributed by atoms with Gasteiger partial charge in [-0.15, -0.1) is 0 Å². The number of hydrogen-bond donors (Lipinski definition) is 3. The van der Waals surface area contributed by atoms with Crippen molar-refractivity contribution in [3.05, 3.63) is 23.9 Å². The molecule has 0 aromatic carbocycles. The first kappa shape index (κ1) is 13.9. The molecule has 2 rings (SSSR count). The van der Waals surface area contributed by atoms with E-state index in [1.54, 1.807) is 13.0 Å². The smallest absolute Gasteiger partial charge is 0.256 e. The average molecular weight is 277 g/mol. The number of imide groups is 1. The van der Waals surface area contributed by atoms with E-state index in [1.165, 1.54) is 17.2 Å². The molecule has 20 heavy (non-hydrogen) atoms. The Morgan fingerprint density at radius 2 is 2.30 bits per heavy atom. The SMILES string of the molecule is CCC1C(=O)NC(=O)CN1C(=O)c1ccc(NN)nc1. The van der Waals surface area contributed by atoms with Crippen LogP contribution in [0.1, 0.15) is 23.7 Å². The van der Waals surface area contributed by atoms with Gasteiger partial charge >= 0.3 is 0 Å². The van der Waals surface area contributed by atoms with E-state index < -0.39 is 23.8 Å². The van der Waals surface area contributed by atoms with Crippen LogP contribution in [0, 0.1) is 0 Å². The quantitative estimate of drug-likeness (QED) is 0.380. The van der Waals surface area contributed by atoms with E-state index in [9.17, 15) is 14.4 Å². The summed E-state index contributed by atoms with van der Waals surface area (Å²) in [5, 5.41) is 2.22. The third kappa shape index (κ3) is 2.59. The standard InChI is InChI=1S/C12H15N5O3/c1-2-8-11(19)15-10(18)6-17(8)12(20)7-3-4-9(16-13)14-5-7/h3-5,8H,2,6,13H2,1H3,(H,14,16)(H,15,18,19). The van der Waals surface area contributed by atoms with Crippen molar-refractivity contribution >= 4 is 23.5 Å². The lowest BCUT2D eigenvalue weighted by atomic mass is 10.1. The van der Waals surface area contributed by atoms with Crippen molar-refractivity contribution < 1.29 is 14.4 Å². The molecule has 106 valence electrons. The molecule has 1 aromatic heterocycles. The number of nitrogens with one attached hydrogen (secondary N) is 2. The van der Waals surface area contributed by atoms with E-state index in [0.717, 1.165) is 0 Å². The van der Waals surface area contributed by atoms with Crippen LogP contribution < -0.4 is 16.6 Å². The van der Waals surface area contributed by atoms with Gasteiger partial charge in [0.15, 0.2) is 0 Å². The molecule has 3 amide bonds. The lowest BCUT2D eigenvalue weighted by molar-refractivity contribution is -0.138. The van der Waals surface area contributed by atoms with Crippen molar-refractivity contribution in [1.29, 1.82) is 0 Å². The minimum Gasteiger partial charge on any atom is -0.317 e. The molecule has 1 atom stereocenters. The second-order valence-corrected chi connectivity index (χ2v) is 4.35. The van der Waals surface area contributed by atoms with E-state index in [2.05, 4.69) is 15.7 Å². The fourth-order valence-electron chi connectivity index (χ4n) is 2.06. The Balaban J connectivity index is 2.24. The summed E-state index contributed by atoms with van der Waals surface area (Å²) in [6, 6.07) is 2.43. The summed E-state index contributed by atoms with van der Waals surface area (Å²) in [7, 11) is 0. The van der Waals surface area contributed by atoms with Crippen molar-refractivity contribution in [2.75, 3.05) is 12.0 Å². The molecule has 2 heterocycles. The Kier molecular flexibility index (Phi) is 3.94. The van der Waals surface area contributed by atoms with Gasteiger partial charge in [-0.3, -0.25) is 19.7 Å². The lowest BCUT2D eigenvalue weighted by Gasteiger charge is -2.33. The van der Waals surface area contributed by atoms with Crippen LogP contribution in [0.4, 0.5) is 5.82 Å². The molecule has 0 bridgehead atoms. The van der Waals surface area contributed by atoms with E-state index in [-0.39, 0.29) is 6.54 Å². The first-order valence-electron chi connectivity index (χ1n) is 6.14. The molecule has 1 saturated heterocycles. The Labute approximate surface area is 115 Å². The van der Waals surface area contributed by atoms with Crippen molar-refractivity contribution in [3.8, 4) is 0 Å². The number of carbonyl (C=O) groups is 3.